The third-order valence-corrected chi connectivity index (χ3v) is 8.50. The number of fused-ring (bicyclic) bond motifs is 2. The van der Waals surface area contributed by atoms with E-state index in [1.165, 1.54) is 12.1 Å². The normalized spacial score (nSPS) is 18.1. The van der Waals surface area contributed by atoms with E-state index in [2.05, 4.69) is 52.9 Å². The van der Waals surface area contributed by atoms with Gasteiger partial charge in [0, 0.05) is 43.5 Å². The summed E-state index contributed by atoms with van der Waals surface area (Å²) in [7, 11) is 4.11. The number of phenolic OH excluding ortho intramolecular Hbond substituents is 1. The van der Waals surface area contributed by atoms with Crippen LogP contribution in [0.1, 0.15) is 37.7 Å². The van der Waals surface area contributed by atoms with Gasteiger partial charge in [0.05, 0.1) is 22.9 Å². The number of phenols is 1. The van der Waals surface area contributed by atoms with Crippen LogP contribution in [0.25, 0.3) is 33.5 Å². The monoisotopic (exact) mass is 545 g/mol. The molecule has 0 radical (unpaired) electrons. The van der Waals surface area contributed by atoms with Gasteiger partial charge in [-0.05, 0) is 75.3 Å². The number of nitrogens with zero attached hydrogens (tertiary/aromatic N) is 5. The number of hydrogen-bond acceptors (Lipinski definition) is 6. The molecule has 2 aromatic carbocycles. The number of amides is 1. The molecule has 4 aromatic rings. The van der Waals surface area contributed by atoms with Crippen LogP contribution in [0.15, 0.2) is 30.3 Å². The number of carbonyl (C=O) groups is 1. The van der Waals surface area contributed by atoms with Crippen molar-refractivity contribution in [3.8, 4) is 28.4 Å². The number of aryl methyl sites for hydroxylation is 1. The van der Waals surface area contributed by atoms with Crippen LogP contribution in [0.4, 0.5) is 4.39 Å². The Balaban J connectivity index is 1.29. The first-order valence-corrected chi connectivity index (χ1v) is 13.9. The van der Waals surface area contributed by atoms with Crippen molar-refractivity contribution >= 4 is 16.8 Å². The fraction of sp³-hybridized carbons (Fsp3) is 0.433. The number of hydrogen-bond donors (Lipinski definition) is 3. The lowest BCUT2D eigenvalue weighted by molar-refractivity contribution is -0.145. The van der Waals surface area contributed by atoms with Gasteiger partial charge in [0.25, 0.3) is 0 Å². The number of carbonyl (C=O) groups excluding carboxylic acids is 1. The van der Waals surface area contributed by atoms with Crippen LogP contribution < -0.4 is 0 Å². The zero-order valence-electron chi connectivity index (χ0n) is 23.6. The van der Waals surface area contributed by atoms with E-state index in [0.29, 0.717) is 36.9 Å². The SMILES string of the molecule is CCc1cc(O)c(F)cc1-c1ccc2c(-c3nc4c([nH]3)CN(C(C)C)[C@@H](C(=O)N3CC(N(C)C)C3)C4)n[nH]c2c1. The Labute approximate surface area is 233 Å². The quantitative estimate of drug-likeness (QED) is 0.339. The van der Waals surface area contributed by atoms with Crippen LogP contribution in [0.2, 0.25) is 0 Å². The Hall–Kier alpha value is -3.76. The van der Waals surface area contributed by atoms with Crippen molar-refractivity contribution in [2.75, 3.05) is 27.2 Å². The molecule has 1 amide bonds. The van der Waals surface area contributed by atoms with Gasteiger partial charge in [-0.2, -0.15) is 5.10 Å². The standard InChI is InChI=1S/C30H36FN7O2/c1-6-17-10-27(39)22(31)11-21(17)18-7-8-20-23(9-18)34-35-28(20)29-32-24-12-26(38(16(2)3)15-25(24)33-29)30(40)37-13-19(14-37)36(4)5/h7-11,16,19,26,39H,6,12-15H2,1-5H3,(H,32,33)(H,34,35)/t26-/m1/s1. The minimum atomic E-state index is -0.641. The molecular weight excluding hydrogens is 509 g/mol. The second-order valence-corrected chi connectivity index (χ2v) is 11.5. The number of benzene rings is 2. The third kappa shape index (κ3) is 4.45. The first-order valence-electron chi connectivity index (χ1n) is 13.9. The average molecular weight is 546 g/mol. The van der Waals surface area contributed by atoms with Crippen molar-refractivity contribution in [3.05, 3.63) is 53.1 Å². The second-order valence-electron chi connectivity index (χ2n) is 11.5. The van der Waals surface area contributed by atoms with Gasteiger partial charge in [-0.15, -0.1) is 0 Å². The summed E-state index contributed by atoms with van der Waals surface area (Å²) in [6, 6.07) is 9.12. The third-order valence-electron chi connectivity index (χ3n) is 8.50. The summed E-state index contributed by atoms with van der Waals surface area (Å²) in [6.07, 6.45) is 1.23. The molecule has 1 saturated heterocycles. The number of aromatic hydroxyl groups is 1. The molecule has 6 rings (SSSR count). The fourth-order valence-corrected chi connectivity index (χ4v) is 5.93. The minimum absolute atomic E-state index is 0.178. The zero-order chi connectivity index (χ0) is 28.3. The Morgan fingerprint density at radius 3 is 2.70 bits per heavy atom. The van der Waals surface area contributed by atoms with Gasteiger partial charge in [-0.3, -0.25) is 14.8 Å². The van der Waals surface area contributed by atoms with Gasteiger partial charge in [0.1, 0.15) is 5.69 Å². The first kappa shape index (κ1) is 26.5. The highest BCUT2D eigenvalue weighted by Crippen LogP contribution is 2.35. The largest absolute Gasteiger partial charge is 0.505 e. The maximum absolute atomic E-state index is 14.2. The minimum Gasteiger partial charge on any atom is -0.505 e. The second kappa shape index (κ2) is 10.0. The summed E-state index contributed by atoms with van der Waals surface area (Å²) in [4.78, 5) is 28.3. The molecule has 0 aliphatic carbocycles. The number of rotatable bonds is 6. The van der Waals surface area contributed by atoms with Crippen molar-refractivity contribution in [3.63, 3.8) is 0 Å². The van der Waals surface area contributed by atoms with Crippen LogP contribution in [0.3, 0.4) is 0 Å². The lowest BCUT2D eigenvalue weighted by Gasteiger charge is -2.46. The summed E-state index contributed by atoms with van der Waals surface area (Å²) in [5.74, 6) is -0.133. The van der Waals surface area contributed by atoms with Gasteiger partial charge in [-0.1, -0.05) is 13.0 Å². The van der Waals surface area contributed by atoms with Gasteiger partial charge >= 0.3 is 0 Å². The number of imidazole rings is 1. The topological polar surface area (TPSA) is 104 Å². The average Bonchev–Trinajstić information content (AvgIpc) is 3.51. The molecule has 4 heterocycles. The molecule has 0 unspecified atom stereocenters. The molecule has 3 N–H and O–H groups in total. The molecule has 0 spiro atoms. The Kier molecular flexibility index (Phi) is 6.62. The van der Waals surface area contributed by atoms with E-state index in [0.717, 1.165) is 52.1 Å². The summed E-state index contributed by atoms with van der Waals surface area (Å²) >= 11 is 0. The van der Waals surface area contributed by atoms with Crippen LogP contribution >= 0.6 is 0 Å². The molecule has 40 heavy (non-hydrogen) atoms. The number of nitrogens with one attached hydrogen (secondary N) is 2. The number of aromatic amines is 2. The number of H-pyrrole nitrogens is 2. The van der Waals surface area contributed by atoms with Crippen molar-refractivity contribution in [2.24, 2.45) is 0 Å². The van der Waals surface area contributed by atoms with E-state index in [4.69, 9.17) is 4.98 Å². The van der Waals surface area contributed by atoms with E-state index >= 15 is 0 Å². The Bertz CT molecular complexity index is 1580. The Morgan fingerprint density at radius 2 is 2.00 bits per heavy atom. The molecule has 0 saturated carbocycles. The molecule has 1 atom stereocenters. The van der Waals surface area contributed by atoms with E-state index < -0.39 is 5.82 Å². The van der Waals surface area contributed by atoms with E-state index in [9.17, 15) is 14.3 Å². The molecule has 2 aliphatic rings. The molecule has 210 valence electrons. The van der Waals surface area contributed by atoms with Crippen LogP contribution in [-0.2, 0) is 24.2 Å². The molecule has 2 aliphatic heterocycles. The van der Waals surface area contributed by atoms with Crippen molar-refractivity contribution in [1.82, 2.24) is 34.9 Å². The lowest BCUT2D eigenvalue weighted by Crippen LogP contribution is -2.64. The highest BCUT2D eigenvalue weighted by atomic mass is 19.1. The summed E-state index contributed by atoms with van der Waals surface area (Å²) in [6.45, 7) is 8.40. The summed E-state index contributed by atoms with van der Waals surface area (Å²) in [5.41, 5.74) is 5.89. The highest BCUT2D eigenvalue weighted by molar-refractivity contribution is 5.94. The van der Waals surface area contributed by atoms with E-state index in [1.807, 2.05) is 30.0 Å². The maximum Gasteiger partial charge on any atom is 0.240 e. The number of aromatic nitrogens is 4. The molecule has 9 nitrogen and oxygen atoms in total. The van der Waals surface area contributed by atoms with Gasteiger partial charge < -0.3 is 19.9 Å². The molecule has 2 aromatic heterocycles. The van der Waals surface area contributed by atoms with Crippen LogP contribution in [0, 0.1) is 5.82 Å². The number of likely N-dealkylation sites (tertiary alicyclic amines) is 1. The predicted octanol–water partition coefficient (Wildman–Crippen LogP) is 3.93. The van der Waals surface area contributed by atoms with E-state index in [-0.39, 0.29) is 23.7 Å². The predicted molar refractivity (Wildman–Crippen MR) is 152 cm³/mol. The van der Waals surface area contributed by atoms with Gasteiger partial charge in [0.15, 0.2) is 17.4 Å². The van der Waals surface area contributed by atoms with Crippen molar-refractivity contribution < 1.29 is 14.3 Å². The lowest BCUT2D eigenvalue weighted by atomic mass is 9.96. The number of likely N-dealkylation sites (N-methyl/N-ethyl adjacent to an activating group) is 1. The first-order chi connectivity index (χ1) is 19.1. The summed E-state index contributed by atoms with van der Waals surface area (Å²) in [5, 5.41) is 18.4. The van der Waals surface area contributed by atoms with Gasteiger partial charge in [-0.25, -0.2) is 9.37 Å². The summed E-state index contributed by atoms with van der Waals surface area (Å²) < 4.78 is 14.2. The van der Waals surface area contributed by atoms with Crippen LogP contribution in [0.5, 0.6) is 5.75 Å². The van der Waals surface area contributed by atoms with Crippen LogP contribution in [-0.4, -0.2) is 91.2 Å². The van der Waals surface area contributed by atoms with E-state index in [1.54, 1.807) is 0 Å². The van der Waals surface area contributed by atoms with Crippen molar-refractivity contribution in [2.45, 2.75) is 58.3 Å². The molecule has 0 bridgehead atoms. The molecule has 1 fully saturated rings. The Morgan fingerprint density at radius 1 is 1.23 bits per heavy atom. The maximum atomic E-state index is 14.2. The zero-order valence-corrected chi connectivity index (χ0v) is 23.6. The van der Waals surface area contributed by atoms with Crippen molar-refractivity contribution in [1.29, 1.82) is 0 Å². The number of halogens is 1. The highest BCUT2D eigenvalue weighted by Gasteiger charge is 2.41. The smallest absolute Gasteiger partial charge is 0.240 e. The molecular formula is C30H36FN7O2. The van der Waals surface area contributed by atoms with Gasteiger partial charge in [0.2, 0.25) is 5.91 Å². The molecule has 10 heteroatoms. The fourth-order valence-electron chi connectivity index (χ4n) is 5.93.